The van der Waals surface area contributed by atoms with Gasteiger partial charge in [0.1, 0.15) is 12.2 Å². The van der Waals surface area contributed by atoms with Crippen LogP contribution in [-0.4, -0.2) is 57.7 Å². The number of benzene rings is 2. The Labute approximate surface area is 207 Å². The molecule has 0 spiro atoms. The van der Waals surface area contributed by atoms with Gasteiger partial charge in [-0.1, -0.05) is 42.2 Å². The summed E-state index contributed by atoms with van der Waals surface area (Å²) >= 11 is 1.61. The van der Waals surface area contributed by atoms with Crippen molar-refractivity contribution in [3.05, 3.63) is 77.2 Å². The van der Waals surface area contributed by atoms with E-state index in [1.54, 1.807) is 17.7 Å². The number of nitrogens with one attached hydrogen (secondary N) is 2. The molecule has 0 saturated carbocycles. The van der Waals surface area contributed by atoms with Gasteiger partial charge in [-0.2, -0.15) is 0 Å². The second kappa shape index (κ2) is 9.84. The first-order valence-electron chi connectivity index (χ1n) is 11.6. The molecule has 0 radical (unpaired) electrons. The zero-order valence-corrected chi connectivity index (χ0v) is 19.9. The third kappa shape index (κ3) is 5.03. The molecule has 1 saturated heterocycles. The van der Waals surface area contributed by atoms with E-state index < -0.39 is 0 Å². The predicted octanol–water partition coefficient (Wildman–Crippen LogP) is 4.59. The van der Waals surface area contributed by atoms with Gasteiger partial charge in [-0.3, -0.25) is 4.90 Å². The molecule has 0 bridgehead atoms. The average molecular weight is 481 g/mol. The lowest BCUT2D eigenvalue weighted by molar-refractivity contribution is 0.0443. The van der Waals surface area contributed by atoms with E-state index in [0.717, 1.165) is 82.7 Å². The minimum atomic E-state index is 0.754. The number of fused-ring (bicyclic) bond motifs is 2. The average Bonchev–Trinajstić information content (AvgIpc) is 3.49. The molecule has 0 amide bonds. The van der Waals surface area contributed by atoms with Crippen LogP contribution in [0.1, 0.15) is 16.3 Å². The van der Waals surface area contributed by atoms with Crippen LogP contribution in [-0.2, 0) is 11.2 Å². The van der Waals surface area contributed by atoms with Crippen LogP contribution in [0.15, 0.2) is 60.9 Å². The number of ether oxygens (including phenoxy) is 1. The minimum absolute atomic E-state index is 0.754. The fraction of sp³-hybridized carbons (Fsp3) is 0.222. The molecule has 8 heteroatoms. The van der Waals surface area contributed by atoms with Crippen LogP contribution in [0.25, 0.3) is 21.3 Å². The van der Waals surface area contributed by atoms with Gasteiger partial charge in [0.15, 0.2) is 5.82 Å². The van der Waals surface area contributed by atoms with Crippen molar-refractivity contribution < 1.29 is 4.74 Å². The Morgan fingerprint density at radius 1 is 1.03 bits per heavy atom. The Balaban J connectivity index is 1.20. The van der Waals surface area contributed by atoms with E-state index in [1.807, 2.05) is 36.4 Å². The summed E-state index contributed by atoms with van der Waals surface area (Å²) in [5, 5.41) is 3.45. The van der Waals surface area contributed by atoms with Crippen LogP contribution in [0.2, 0.25) is 0 Å². The number of thiophene rings is 1. The molecule has 1 aliphatic heterocycles. The Morgan fingerprint density at radius 3 is 2.80 bits per heavy atom. The van der Waals surface area contributed by atoms with Crippen molar-refractivity contribution in [3.8, 4) is 11.8 Å². The van der Waals surface area contributed by atoms with Gasteiger partial charge in [-0.25, -0.2) is 15.0 Å². The molecule has 7 nitrogen and oxygen atoms in total. The summed E-state index contributed by atoms with van der Waals surface area (Å²) in [4.78, 5) is 20.5. The molecule has 4 heterocycles. The first-order chi connectivity index (χ1) is 17.3. The topological polar surface area (TPSA) is 79.0 Å². The van der Waals surface area contributed by atoms with Gasteiger partial charge in [0.2, 0.25) is 0 Å². The zero-order valence-electron chi connectivity index (χ0n) is 19.1. The lowest BCUT2D eigenvalue weighted by Gasteiger charge is -2.24. The van der Waals surface area contributed by atoms with Gasteiger partial charge in [-0.05, 0) is 29.8 Å². The highest BCUT2D eigenvalue weighted by Gasteiger charge is 2.11. The van der Waals surface area contributed by atoms with Crippen LogP contribution in [0.4, 0.5) is 11.5 Å². The predicted molar refractivity (Wildman–Crippen MR) is 140 cm³/mol. The quantitative estimate of drug-likeness (QED) is 0.359. The molecule has 1 fully saturated rings. The molecule has 2 N–H and O–H groups in total. The van der Waals surface area contributed by atoms with Gasteiger partial charge in [0, 0.05) is 25.2 Å². The second-order valence-electron chi connectivity index (χ2n) is 8.44. The summed E-state index contributed by atoms with van der Waals surface area (Å²) in [6.07, 6.45) is 2.36. The third-order valence-electron chi connectivity index (χ3n) is 5.94. The van der Waals surface area contributed by atoms with E-state index in [-0.39, 0.29) is 0 Å². The minimum Gasteiger partial charge on any atom is -0.379 e. The van der Waals surface area contributed by atoms with Crippen molar-refractivity contribution in [1.29, 1.82) is 0 Å². The first kappa shape index (κ1) is 21.7. The summed E-state index contributed by atoms with van der Waals surface area (Å²) in [7, 11) is 0. The molecule has 3 aromatic heterocycles. The molecule has 174 valence electrons. The van der Waals surface area contributed by atoms with Crippen LogP contribution in [0.3, 0.4) is 0 Å². The van der Waals surface area contributed by atoms with Crippen LogP contribution in [0.5, 0.6) is 0 Å². The number of nitrogens with zero attached hydrogens (tertiary/aromatic N) is 4. The van der Waals surface area contributed by atoms with Crippen molar-refractivity contribution in [3.63, 3.8) is 0 Å². The summed E-state index contributed by atoms with van der Waals surface area (Å²) in [6.45, 7) is 4.20. The zero-order chi connectivity index (χ0) is 23.5. The van der Waals surface area contributed by atoms with E-state index >= 15 is 0 Å². The Bertz CT molecular complexity index is 1530. The number of hydrogen-bond acceptors (Lipinski definition) is 7. The van der Waals surface area contributed by atoms with Crippen molar-refractivity contribution in [1.82, 2.24) is 24.8 Å². The van der Waals surface area contributed by atoms with Gasteiger partial charge in [-0.15, -0.1) is 11.3 Å². The number of hydrogen-bond donors (Lipinski definition) is 2. The maximum Gasteiger partial charge on any atom is 0.151 e. The molecular weight excluding hydrogens is 456 g/mol. The Morgan fingerprint density at radius 2 is 1.91 bits per heavy atom. The fourth-order valence-electron chi connectivity index (χ4n) is 4.15. The molecule has 5 aromatic rings. The van der Waals surface area contributed by atoms with Crippen LogP contribution in [0, 0.1) is 11.8 Å². The third-order valence-corrected chi connectivity index (χ3v) is 6.98. The van der Waals surface area contributed by atoms with E-state index in [2.05, 4.69) is 55.2 Å². The number of aromatic amines is 1. The molecular formula is C27H24N6OS. The second-order valence-corrected chi connectivity index (χ2v) is 9.49. The van der Waals surface area contributed by atoms with Crippen molar-refractivity contribution in [2.75, 3.05) is 38.2 Å². The monoisotopic (exact) mass is 480 g/mol. The van der Waals surface area contributed by atoms with E-state index in [1.165, 1.54) is 5.56 Å². The summed E-state index contributed by atoms with van der Waals surface area (Å²) in [5.74, 6) is 8.32. The van der Waals surface area contributed by atoms with Crippen molar-refractivity contribution in [2.24, 2.45) is 0 Å². The number of H-pyrrole nitrogens is 1. The fourth-order valence-corrected chi connectivity index (χ4v) is 5.08. The van der Waals surface area contributed by atoms with E-state index in [4.69, 9.17) is 9.72 Å². The normalized spacial score (nSPS) is 14.2. The standard InChI is InChI=1S/C27H24N6OS/c1-2-5-19(6-3-1)15-25-31-22-9-8-20(16-23(22)32-25)30-27-26-24(28-18-29-27)17-21(35-26)7-4-10-33-11-13-34-14-12-33/h1-3,5-6,8-9,16-18H,10-15H2,(H,31,32)(H,28,29,30). The highest BCUT2D eigenvalue weighted by atomic mass is 32.1. The molecule has 1 aliphatic rings. The number of imidazole rings is 1. The SMILES string of the molecule is C(#Cc1cc2ncnc(Nc3ccc4[nH]c(Cc5ccccc5)nc4c3)c2s1)CN1CCOCC1. The number of morpholine rings is 1. The number of anilines is 2. The molecule has 2 aromatic carbocycles. The lowest BCUT2D eigenvalue weighted by Crippen LogP contribution is -2.36. The number of rotatable bonds is 5. The summed E-state index contributed by atoms with van der Waals surface area (Å²) in [6, 6.07) is 18.5. The van der Waals surface area contributed by atoms with Crippen molar-refractivity contribution >= 4 is 44.1 Å². The lowest BCUT2D eigenvalue weighted by atomic mass is 10.1. The van der Waals surface area contributed by atoms with Gasteiger partial charge in [0.05, 0.1) is 45.9 Å². The molecule has 0 unspecified atom stereocenters. The molecule has 6 rings (SSSR count). The van der Waals surface area contributed by atoms with E-state index in [9.17, 15) is 0 Å². The Kier molecular flexibility index (Phi) is 6.11. The van der Waals surface area contributed by atoms with Crippen molar-refractivity contribution in [2.45, 2.75) is 6.42 Å². The summed E-state index contributed by atoms with van der Waals surface area (Å²) < 4.78 is 6.39. The van der Waals surface area contributed by atoms with Gasteiger partial charge in [0.25, 0.3) is 0 Å². The molecule has 0 aliphatic carbocycles. The van der Waals surface area contributed by atoms with Gasteiger partial charge >= 0.3 is 0 Å². The first-order valence-corrected chi connectivity index (χ1v) is 12.4. The molecule has 0 atom stereocenters. The largest absolute Gasteiger partial charge is 0.379 e. The van der Waals surface area contributed by atoms with Crippen LogP contribution < -0.4 is 5.32 Å². The number of aromatic nitrogens is 4. The highest BCUT2D eigenvalue weighted by molar-refractivity contribution is 7.20. The Hall–Kier alpha value is -3.77. The van der Waals surface area contributed by atoms with E-state index in [0.29, 0.717) is 0 Å². The smallest absolute Gasteiger partial charge is 0.151 e. The molecule has 35 heavy (non-hydrogen) atoms. The van der Waals surface area contributed by atoms with Crippen LogP contribution >= 0.6 is 11.3 Å². The maximum atomic E-state index is 5.40. The van der Waals surface area contributed by atoms with Gasteiger partial charge < -0.3 is 15.0 Å². The summed E-state index contributed by atoms with van der Waals surface area (Å²) in [5.41, 5.74) is 5.00. The maximum absolute atomic E-state index is 5.40. The highest BCUT2D eigenvalue weighted by Crippen LogP contribution is 2.31.